The summed E-state index contributed by atoms with van der Waals surface area (Å²) >= 11 is 5.78. The van der Waals surface area contributed by atoms with Crippen molar-refractivity contribution in [2.45, 2.75) is 0 Å². The topological polar surface area (TPSA) is 83.8 Å². The lowest BCUT2D eigenvalue weighted by atomic mass is 10.3. The molecule has 0 radical (unpaired) electrons. The van der Waals surface area contributed by atoms with Crippen molar-refractivity contribution in [1.29, 1.82) is 0 Å². The van der Waals surface area contributed by atoms with Crippen molar-refractivity contribution in [1.82, 2.24) is 9.97 Å². The number of benzene rings is 1. The molecule has 0 saturated heterocycles. The highest BCUT2D eigenvalue weighted by atomic mass is 35.5. The number of nitrogens with zero attached hydrogens (tertiary/aromatic N) is 1. The smallest absolute Gasteiger partial charge is 0.271 e. The number of halogens is 1. The van der Waals surface area contributed by atoms with Gasteiger partial charge < -0.3 is 16.0 Å². The van der Waals surface area contributed by atoms with Crippen LogP contribution in [-0.2, 0) is 0 Å². The van der Waals surface area contributed by atoms with Crippen molar-refractivity contribution < 1.29 is 0 Å². The summed E-state index contributed by atoms with van der Waals surface area (Å²) in [6.45, 7) is 0. The molecule has 0 unspecified atom stereocenters. The van der Waals surface area contributed by atoms with E-state index in [9.17, 15) is 4.79 Å². The first-order chi connectivity index (χ1) is 7.66. The maximum Gasteiger partial charge on any atom is 0.271 e. The van der Waals surface area contributed by atoms with Gasteiger partial charge in [0, 0.05) is 11.4 Å². The van der Waals surface area contributed by atoms with Crippen molar-refractivity contribution in [2.75, 3.05) is 11.1 Å². The summed E-state index contributed by atoms with van der Waals surface area (Å²) in [7, 11) is 0. The molecule has 4 N–H and O–H groups in total. The van der Waals surface area contributed by atoms with Crippen LogP contribution in [0.4, 0.5) is 17.2 Å². The highest BCUT2D eigenvalue weighted by Gasteiger charge is 2.05. The van der Waals surface area contributed by atoms with Crippen LogP contribution in [0.3, 0.4) is 0 Å². The van der Waals surface area contributed by atoms with Crippen LogP contribution < -0.4 is 16.6 Å². The van der Waals surface area contributed by atoms with Crippen LogP contribution in [0.5, 0.6) is 0 Å². The number of nitrogens with one attached hydrogen (secondary N) is 2. The summed E-state index contributed by atoms with van der Waals surface area (Å²) in [5.74, 6) is 0.315. The largest absolute Gasteiger partial charge is 0.399 e. The highest BCUT2D eigenvalue weighted by Crippen LogP contribution is 2.19. The second-order valence-corrected chi connectivity index (χ2v) is 3.52. The van der Waals surface area contributed by atoms with E-state index in [2.05, 4.69) is 15.3 Å². The Morgan fingerprint density at radius 1 is 1.31 bits per heavy atom. The van der Waals surface area contributed by atoms with Gasteiger partial charge in [-0.2, -0.15) is 0 Å². The Morgan fingerprint density at radius 3 is 2.69 bits per heavy atom. The summed E-state index contributed by atoms with van der Waals surface area (Å²) in [6.07, 6.45) is 1.29. The molecule has 1 aromatic carbocycles. The van der Waals surface area contributed by atoms with E-state index in [-0.39, 0.29) is 10.6 Å². The Bertz CT molecular complexity index is 549. The number of aromatic nitrogens is 2. The fraction of sp³-hybridized carbons (Fsp3) is 0. The number of rotatable bonds is 2. The van der Waals surface area contributed by atoms with Gasteiger partial charge >= 0.3 is 0 Å². The lowest BCUT2D eigenvalue weighted by molar-refractivity contribution is 1.12. The Balaban J connectivity index is 2.30. The first kappa shape index (κ1) is 10.5. The monoisotopic (exact) mass is 236 g/mol. The minimum absolute atomic E-state index is 0.0272. The van der Waals surface area contributed by atoms with Gasteiger partial charge in [-0.05, 0) is 24.3 Å². The molecule has 2 rings (SSSR count). The van der Waals surface area contributed by atoms with E-state index < -0.39 is 0 Å². The maximum absolute atomic E-state index is 11.2. The molecule has 82 valence electrons. The molecule has 5 nitrogen and oxygen atoms in total. The van der Waals surface area contributed by atoms with Gasteiger partial charge in [-0.25, -0.2) is 4.98 Å². The van der Waals surface area contributed by atoms with Gasteiger partial charge in [-0.15, -0.1) is 0 Å². The van der Waals surface area contributed by atoms with E-state index >= 15 is 0 Å². The van der Waals surface area contributed by atoms with E-state index in [1.807, 2.05) is 0 Å². The third kappa shape index (κ3) is 2.14. The molecule has 0 aliphatic heterocycles. The Hall–Kier alpha value is -2.01. The average molecular weight is 237 g/mol. The minimum Gasteiger partial charge on any atom is -0.399 e. The van der Waals surface area contributed by atoms with Gasteiger partial charge in [0.25, 0.3) is 5.56 Å². The zero-order chi connectivity index (χ0) is 11.5. The normalized spacial score (nSPS) is 10.1. The van der Waals surface area contributed by atoms with E-state index in [0.717, 1.165) is 5.69 Å². The molecule has 0 aliphatic carbocycles. The number of H-pyrrole nitrogens is 1. The predicted molar refractivity (Wildman–Crippen MR) is 64.0 cm³/mol. The molecule has 0 bridgehead atoms. The van der Waals surface area contributed by atoms with E-state index in [1.54, 1.807) is 24.3 Å². The molecular weight excluding hydrogens is 228 g/mol. The van der Waals surface area contributed by atoms with Crippen LogP contribution in [0.2, 0.25) is 5.02 Å². The second kappa shape index (κ2) is 4.24. The number of hydrogen-bond donors (Lipinski definition) is 3. The van der Waals surface area contributed by atoms with Gasteiger partial charge in [0.1, 0.15) is 5.02 Å². The number of aromatic amines is 1. The van der Waals surface area contributed by atoms with Crippen LogP contribution in [0.15, 0.2) is 35.4 Å². The summed E-state index contributed by atoms with van der Waals surface area (Å²) < 4.78 is 0. The van der Waals surface area contributed by atoms with Gasteiger partial charge in [0.15, 0.2) is 5.82 Å². The van der Waals surface area contributed by atoms with Crippen molar-refractivity contribution in [3.8, 4) is 0 Å². The number of nitrogen functional groups attached to an aromatic ring is 1. The van der Waals surface area contributed by atoms with E-state index in [0.29, 0.717) is 11.5 Å². The molecular formula is C10H9ClN4O. The first-order valence-electron chi connectivity index (χ1n) is 4.52. The zero-order valence-electron chi connectivity index (χ0n) is 8.20. The van der Waals surface area contributed by atoms with Crippen LogP contribution in [-0.4, -0.2) is 9.97 Å². The Kier molecular flexibility index (Phi) is 2.78. The zero-order valence-corrected chi connectivity index (χ0v) is 8.95. The minimum atomic E-state index is -0.380. The maximum atomic E-state index is 11.2. The molecule has 0 atom stereocenters. The van der Waals surface area contributed by atoms with Crippen LogP contribution >= 0.6 is 11.6 Å². The van der Waals surface area contributed by atoms with E-state index in [1.165, 1.54) is 6.33 Å². The predicted octanol–water partition coefficient (Wildman–Crippen LogP) is 1.75. The van der Waals surface area contributed by atoms with Crippen LogP contribution in [0.25, 0.3) is 0 Å². The molecule has 0 aliphatic rings. The number of nitrogens with two attached hydrogens (primary N) is 1. The Labute approximate surface area is 96.3 Å². The molecule has 1 heterocycles. The standard InChI is InChI=1S/C10H9ClN4O/c11-8-9(13-5-14-10(8)16)15-7-3-1-6(12)2-4-7/h1-5H,12H2,(H2,13,14,15,16). The van der Waals surface area contributed by atoms with Gasteiger partial charge in [-0.1, -0.05) is 11.6 Å². The number of anilines is 3. The fourth-order valence-electron chi connectivity index (χ4n) is 1.17. The van der Waals surface area contributed by atoms with Crippen molar-refractivity contribution in [3.63, 3.8) is 0 Å². The molecule has 6 heteroatoms. The summed E-state index contributed by atoms with van der Waals surface area (Å²) in [4.78, 5) is 17.5. The molecule has 0 saturated carbocycles. The van der Waals surface area contributed by atoms with Crippen molar-refractivity contribution in [2.24, 2.45) is 0 Å². The summed E-state index contributed by atoms with van der Waals surface area (Å²) in [6, 6.07) is 7.02. The molecule has 0 fully saturated rings. The quantitative estimate of drug-likeness (QED) is 0.694. The molecule has 0 spiro atoms. The van der Waals surface area contributed by atoms with Gasteiger partial charge in [-0.3, -0.25) is 4.79 Å². The molecule has 0 amide bonds. The second-order valence-electron chi connectivity index (χ2n) is 3.14. The lowest BCUT2D eigenvalue weighted by Gasteiger charge is -2.06. The number of hydrogen-bond acceptors (Lipinski definition) is 4. The van der Waals surface area contributed by atoms with Crippen molar-refractivity contribution in [3.05, 3.63) is 46.0 Å². The van der Waals surface area contributed by atoms with E-state index in [4.69, 9.17) is 17.3 Å². The van der Waals surface area contributed by atoms with Gasteiger partial charge in [0.2, 0.25) is 0 Å². The van der Waals surface area contributed by atoms with Crippen LogP contribution in [0, 0.1) is 0 Å². The molecule has 16 heavy (non-hydrogen) atoms. The third-order valence-corrected chi connectivity index (χ3v) is 2.32. The average Bonchev–Trinajstić information content (AvgIpc) is 2.28. The highest BCUT2D eigenvalue weighted by molar-refractivity contribution is 6.32. The summed E-state index contributed by atoms with van der Waals surface area (Å²) in [5, 5.41) is 2.95. The lowest BCUT2D eigenvalue weighted by Crippen LogP contribution is -2.09. The molecule has 1 aromatic heterocycles. The fourth-order valence-corrected chi connectivity index (χ4v) is 1.32. The van der Waals surface area contributed by atoms with Gasteiger partial charge in [0.05, 0.1) is 6.33 Å². The third-order valence-electron chi connectivity index (χ3n) is 1.97. The summed E-state index contributed by atoms with van der Waals surface area (Å²) in [5.41, 5.74) is 6.59. The SMILES string of the molecule is Nc1ccc(Nc2nc[nH]c(=O)c2Cl)cc1. The first-order valence-corrected chi connectivity index (χ1v) is 4.90. The van der Waals surface area contributed by atoms with Crippen molar-refractivity contribution >= 4 is 28.8 Å². The molecule has 2 aromatic rings. The van der Waals surface area contributed by atoms with Crippen LogP contribution in [0.1, 0.15) is 0 Å². The Morgan fingerprint density at radius 2 is 2.00 bits per heavy atom.